The molecular weight excluding hydrogens is 261 g/mol. The third-order valence-electron chi connectivity index (χ3n) is 2.34. The van der Waals surface area contributed by atoms with E-state index in [-0.39, 0.29) is 0 Å². The number of aromatic nitrogens is 4. The van der Waals surface area contributed by atoms with E-state index in [9.17, 15) is 0 Å². The lowest BCUT2D eigenvalue weighted by Gasteiger charge is -2.06. The summed E-state index contributed by atoms with van der Waals surface area (Å²) < 4.78 is 1.65. The Kier molecular flexibility index (Phi) is 3.93. The van der Waals surface area contributed by atoms with Gasteiger partial charge in [-0.1, -0.05) is 29.3 Å². The third-order valence-corrected chi connectivity index (χ3v) is 3.05. The SMILES string of the molecule is NCCn1nnnc1Cc1c(Cl)cccc1Cl. The van der Waals surface area contributed by atoms with E-state index in [1.165, 1.54) is 0 Å². The Morgan fingerprint density at radius 1 is 1.24 bits per heavy atom. The summed E-state index contributed by atoms with van der Waals surface area (Å²) in [7, 11) is 0. The van der Waals surface area contributed by atoms with Gasteiger partial charge in [0.1, 0.15) is 0 Å². The molecule has 0 saturated heterocycles. The zero-order chi connectivity index (χ0) is 12.3. The van der Waals surface area contributed by atoms with Crippen LogP contribution in [0.15, 0.2) is 18.2 Å². The molecule has 0 bridgehead atoms. The van der Waals surface area contributed by atoms with Gasteiger partial charge in [-0.05, 0) is 28.1 Å². The Balaban J connectivity index is 2.28. The van der Waals surface area contributed by atoms with Crippen LogP contribution in [0.2, 0.25) is 10.0 Å². The van der Waals surface area contributed by atoms with Gasteiger partial charge < -0.3 is 5.73 Å². The lowest BCUT2D eigenvalue weighted by atomic mass is 10.1. The average Bonchev–Trinajstić information content (AvgIpc) is 2.72. The van der Waals surface area contributed by atoms with Gasteiger partial charge in [-0.2, -0.15) is 0 Å². The number of tetrazole rings is 1. The lowest BCUT2D eigenvalue weighted by Crippen LogP contribution is -2.14. The highest BCUT2D eigenvalue weighted by molar-refractivity contribution is 6.36. The van der Waals surface area contributed by atoms with Gasteiger partial charge in [-0.3, -0.25) is 0 Å². The van der Waals surface area contributed by atoms with E-state index < -0.39 is 0 Å². The van der Waals surface area contributed by atoms with E-state index in [4.69, 9.17) is 28.9 Å². The fraction of sp³-hybridized carbons (Fsp3) is 0.300. The van der Waals surface area contributed by atoms with Gasteiger partial charge in [-0.15, -0.1) is 5.10 Å². The first-order valence-corrected chi connectivity index (χ1v) is 5.86. The van der Waals surface area contributed by atoms with Crippen LogP contribution in [0.4, 0.5) is 0 Å². The summed E-state index contributed by atoms with van der Waals surface area (Å²) in [6.45, 7) is 1.05. The topological polar surface area (TPSA) is 69.6 Å². The first kappa shape index (κ1) is 12.3. The van der Waals surface area contributed by atoms with Crippen LogP contribution in [-0.4, -0.2) is 26.8 Å². The summed E-state index contributed by atoms with van der Waals surface area (Å²) >= 11 is 12.2. The predicted octanol–water partition coefficient (Wildman–Crippen LogP) is 1.53. The molecule has 90 valence electrons. The first-order valence-electron chi connectivity index (χ1n) is 5.10. The molecule has 1 aromatic carbocycles. The van der Waals surface area contributed by atoms with Gasteiger partial charge in [0.05, 0.1) is 6.54 Å². The maximum atomic E-state index is 6.09. The minimum atomic E-state index is 0.480. The fourth-order valence-electron chi connectivity index (χ4n) is 1.51. The molecule has 5 nitrogen and oxygen atoms in total. The largest absolute Gasteiger partial charge is 0.329 e. The van der Waals surface area contributed by atoms with Crippen LogP contribution in [0.5, 0.6) is 0 Å². The average molecular weight is 272 g/mol. The Hall–Kier alpha value is -1.17. The molecule has 2 aromatic rings. The van der Waals surface area contributed by atoms with Crippen LogP contribution in [0.25, 0.3) is 0 Å². The zero-order valence-corrected chi connectivity index (χ0v) is 10.5. The molecule has 0 saturated carbocycles. The highest BCUT2D eigenvalue weighted by atomic mass is 35.5. The minimum absolute atomic E-state index is 0.480. The summed E-state index contributed by atoms with van der Waals surface area (Å²) in [4.78, 5) is 0. The standard InChI is InChI=1S/C10H11Cl2N5/c11-8-2-1-3-9(12)7(8)6-10-14-15-16-17(10)5-4-13/h1-3H,4-6,13H2. The molecule has 2 N–H and O–H groups in total. The van der Waals surface area contributed by atoms with Gasteiger partial charge in [0, 0.05) is 23.0 Å². The van der Waals surface area contributed by atoms with E-state index in [2.05, 4.69) is 15.5 Å². The summed E-state index contributed by atoms with van der Waals surface area (Å²) in [5.74, 6) is 0.699. The first-order chi connectivity index (χ1) is 8.22. The molecule has 0 aliphatic rings. The van der Waals surface area contributed by atoms with Crippen molar-refractivity contribution in [3.63, 3.8) is 0 Å². The molecule has 0 spiro atoms. The molecule has 0 amide bonds. The quantitative estimate of drug-likeness (QED) is 0.916. The van der Waals surface area contributed by atoms with E-state index in [0.29, 0.717) is 35.4 Å². The van der Waals surface area contributed by atoms with Gasteiger partial charge >= 0.3 is 0 Å². The number of hydrogen-bond acceptors (Lipinski definition) is 4. The molecule has 2 rings (SSSR count). The minimum Gasteiger partial charge on any atom is -0.329 e. The van der Waals surface area contributed by atoms with Crippen molar-refractivity contribution in [3.05, 3.63) is 39.6 Å². The van der Waals surface area contributed by atoms with Gasteiger partial charge in [0.15, 0.2) is 5.82 Å². The molecule has 0 unspecified atom stereocenters. The second-order valence-electron chi connectivity index (χ2n) is 3.48. The number of nitrogens with zero attached hydrogens (tertiary/aromatic N) is 4. The van der Waals surface area contributed by atoms with Crippen molar-refractivity contribution in [2.75, 3.05) is 6.54 Å². The monoisotopic (exact) mass is 271 g/mol. The highest BCUT2D eigenvalue weighted by Gasteiger charge is 2.11. The van der Waals surface area contributed by atoms with Gasteiger partial charge in [-0.25, -0.2) is 4.68 Å². The Morgan fingerprint density at radius 3 is 2.59 bits per heavy atom. The number of halogens is 2. The van der Waals surface area contributed by atoms with Crippen LogP contribution in [0, 0.1) is 0 Å². The van der Waals surface area contributed by atoms with Crippen molar-refractivity contribution in [2.24, 2.45) is 5.73 Å². The van der Waals surface area contributed by atoms with Crippen molar-refractivity contribution in [2.45, 2.75) is 13.0 Å². The predicted molar refractivity (Wildman–Crippen MR) is 66.1 cm³/mol. The number of benzene rings is 1. The van der Waals surface area contributed by atoms with Crippen molar-refractivity contribution < 1.29 is 0 Å². The molecule has 1 aromatic heterocycles. The van der Waals surface area contributed by atoms with E-state index in [0.717, 1.165) is 5.56 Å². The fourth-order valence-corrected chi connectivity index (χ4v) is 2.04. The van der Waals surface area contributed by atoms with Crippen LogP contribution < -0.4 is 5.73 Å². The van der Waals surface area contributed by atoms with Crippen molar-refractivity contribution in [1.29, 1.82) is 0 Å². The number of hydrogen-bond donors (Lipinski definition) is 1. The smallest absolute Gasteiger partial charge is 0.155 e. The molecule has 0 aliphatic heterocycles. The molecule has 7 heteroatoms. The van der Waals surface area contributed by atoms with Crippen LogP contribution >= 0.6 is 23.2 Å². The molecule has 0 fully saturated rings. The van der Waals surface area contributed by atoms with Crippen molar-refractivity contribution in [3.8, 4) is 0 Å². The Morgan fingerprint density at radius 2 is 1.94 bits per heavy atom. The van der Waals surface area contributed by atoms with Crippen molar-refractivity contribution >= 4 is 23.2 Å². The maximum Gasteiger partial charge on any atom is 0.155 e. The number of nitrogens with two attached hydrogens (primary N) is 1. The van der Waals surface area contributed by atoms with Crippen LogP contribution in [-0.2, 0) is 13.0 Å². The Bertz CT molecular complexity index is 491. The molecule has 1 heterocycles. The van der Waals surface area contributed by atoms with Crippen LogP contribution in [0.3, 0.4) is 0 Å². The molecular formula is C10H11Cl2N5. The molecule has 0 radical (unpaired) electrons. The Labute approximate surface area is 109 Å². The third kappa shape index (κ3) is 2.74. The molecule has 0 aliphatic carbocycles. The number of rotatable bonds is 4. The van der Waals surface area contributed by atoms with E-state index in [1.54, 1.807) is 22.9 Å². The summed E-state index contributed by atoms with van der Waals surface area (Å²) in [5, 5.41) is 12.6. The summed E-state index contributed by atoms with van der Waals surface area (Å²) in [6, 6.07) is 5.39. The zero-order valence-electron chi connectivity index (χ0n) is 8.98. The van der Waals surface area contributed by atoms with Gasteiger partial charge in [0.25, 0.3) is 0 Å². The summed E-state index contributed by atoms with van der Waals surface area (Å²) in [5.41, 5.74) is 6.30. The molecule has 17 heavy (non-hydrogen) atoms. The highest BCUT2D eigenvalue weighted by Crippen LogP contribution is 2.26. The summed E-state index contributed by atoms with van der Waals surface area (Å²) in [6.07, 6.45) is 0.492. The van der Waals surface area contributed by atoms with E-state index in [1.807, 2.05) is 0 Å². The van der Waals surface area contributed by atoms with Crippen LogP contribution in [0.1, 0.15) is 11.4 Å². The van der Waals surface area contributed by atoms with Gasteiger partial charge in [0.2, 0.25) is 0 Å². The molecule has 0 atom stereocenters. The normalized spacial score (nSPS) is 10.8. The van der Waals surface area contributed by atoms with E-state index >= 15 is 0 Å². The maximum absolute atomic E-state index is 6.09. The lowest BCUT2D eigenvalue weighted by molar-refractivity contribution is 0.578. The second kappa shape index (κ2) is 5.44. The van der Waals surface area contributed by atoms with Crippen molar-refractivity contribution in [1.82, 2.24) is 20.2 Å². The second-order valence-corrected chi connectivity index (χ2v) is 4.30.